The minimum Gasteiger partial charge on any atom is -0.304 e. The third kappa shape index (κ3) is 3.67. The molecular weight excluding hydrogens is 234 g/mol. The van der Waals surface area contributed by atoms with Crippen LogP contribution in [0.1, 0.15) is 49.7 Å². The minimum atomic E-state index is 0.337. The van der Waals surface area contributed by atoms with Gasteiger partial charge in [-0.25, -0.2) is 0 Å². The summed E-state index contributed by atoms with van der Waals surface area (Å²) in [6.45, 7) is 9.39. The maximum atomic E-state index is 4.55. The van der Waals surface area contributed by atoms with Crippen molar-refractivity contribution in [1.82, 2.24) is 15.1 Å². The Morgan fingerprint density at radius 3 is 2.63 bits per heavy atom. The third-order valence-corrected chi connectivity index (χ3v) is 3.32. The molecule has 2 aromatic rings. The van der Waals surface area contributed by atoms with Gasteiger partial charge in [-0.15, -0.1) is 0 Å². The summed E-state index contributed by atoms with van der Waals surface area (Å²) in [6, 6.07) is 11.5. The normalized spacial score (nSPS) is 12.9. The van der Waals surface area contributed by atoms with E-state index in [0.29, 0.717) is 12.1 Å². The zero-order valence-electron chi connectivity index (χ0n) is 12.2. The third-order valence-electron chi connectivity index (χ3n) is 3.32. The molecule has 3 nitrogen and oxygen atoms in total. The van der Waals surface area contributed by atoms with Crippen molar-refractivity contribution in [2.24, 2.45) is 0 Å². The van der Waals surface area contributed by atoms with Crippen molar-refractivity contribution in [2.75, 3.05) is 0 Å². The summed E-state index contributed by atoms with van der Waals surface area (Å²) in [6.07, 6.45) is 2.04. The van der Waals surface area contributed by atoms with Crippen molar-refractivity contribution in [3.05, 3.63) is 53.3 Å². The fourth-order valence-corrected chi connectivity index (χ4v) is 2.07. The van der Waals surface area contributed by atoms with Gasteiger partial charge in [-0.1, -0.05) is 29.8 Å². The lowest BCUT2D eigenvalue weighted by molar-refractivity contribution is 0.512. The van der Waals surface area contributed by atoms with Gasteiger partial charge >= 0.3 is 0 Å². The van der Waals surface area contributed by atoms with E-state index in [1.54, 1.807) is 0 Å². The minimum absolute atomic E-state index is 0.337. The van der Waals surface area contributed by atoms with E-state index in [2.05, 4.69) is 68.4 Å². The van der Waals surface area contributed by atoms with E-state index >= 15 is 0 Å². The molecule has 3 heteroatoms. The Labute approximate surface area is 115 Å². The highest BCUT2D eigenvalue weighted by Crippen LogP contribution is 2.14. The van der Waals surface area contributed by atoms with Crippen molar-refractivity contribution in [3.8, 4) is 0 Å². The first-order valence-electron chi connectivity index (χ1n) is 6.90. The van der Waals surface area contributed by atoms with E-state index in [9.17, 15) is 0 Å². The molecule has 0 saturated carbocycles. The first kappa shape index (κ1) is 13.8. The lowest BCUT2D eigenvalue weighted by Crippen LogP contribution is -2.18. The molecule has 1 aromatic heterocycles. The van der Waals surface area contributed by atoms with E-state index in [-0.39, 0.29) is 0 Å². The molecule has 1 atom stereocenters. The summed E-state index contributed by atoms with van der Waals surface area (Å²) in [4.78, 5) is 0. The highest BCUT2D eigenvalue weighted by atomic mass is 15.3. The van der Waals surface area contributed by atoms with Gasteiger partial charge in [0.05, 0.1) is 5.69 Å². The van der Waals surface area contributed by atoms with Gasteiger partial charge in [0.1, 0.15) is 0 Å². The molecule has 102 valence electrons. The summed E-state index contributed by atoms with van der Waals surface area (Å²) in [5.74, 6) is 0. The van der Waals surface area contributed by atoms with Crippen molar-refractivity contribution in [2.45, 2.75) is 46.3 Å². The number of nitrogens with one attached hydrogen (secondary N) is 1. The summed E-state index contributed by atoms with van der Waals surface area (Å²) < 4.78 is 1.99. The van der Waals surface area contributed by atoms with Crippen LogP contribution in [0.5, 0.6) is 0 Å². The SMILES string of the molecule is Cc1cccc([C@@H](C)NCc2ccn(C(C)C)n2)c1. The molecule has 0 fully saturated rings. The number of benzene rings is 1. The van der Waals surface area contributed by atoms with Crippen molar-refractivity contribution in [1.29, 1.82) is 0 Å². The number of rotatable bonds is 5. The van der Waals surface area contributed by atoms with Crippen LogP contribution in [0.25, 0.3) is 0 Å². The van der Waals surface area contributed by atoms with E-state index in [1.165, 1.54) is 11.1 Å². The second-order valence-electron chi connectivity index (χ2n) is 5.40. The summed E-state index contributed by atoms with van der Waals surface area (Å²) in [5, 5.41) is 8.07. The van der Waals surface area contributed by atoms with Crippen LogP contribution in [0.15, 0.2) is 36.5 Å². The Balaban J connectivity index is 1.94. The molecule has 0 radical (unpaired) electrons. The smallest absolute Gasteiger partial charge is 0.0762 e. The predicted octanol–water partition coefficient (Wildman–Crippen LogP) is 3.62. The molecule has 0 unspecified atom stereocenters. The fourth-order valence-electron chi connectivity index (χ4n) is 2.07. The summed E-state index contributed by atoms with van der Waals surface area (Å²) >= 11 is 0. The van der Waals surface area contributed by atoms with Gasteiger partial charge in [-0.05, 0) is 39.3 Å². The molecule has 0 spiro atoms. The molecule has 0 bridgehead atoms. The van der Waals surface area contributed by atoms with E-state index < -0.39 is 0 Å². The molecule has 2 rings (SSSR count). The predicted molar refractivity (Wildman–Crippen MR) is 79.0 cm³/mol. The van der Waals surface area contributed by atoms with E-state index in [4.69, 9.17) is 0 Å². The molecule has 1 aromatic carbocycles. The topological polar surface area (TPSA) is 29.9 Å². The highest BCUT2D eigenvalue weighted by molar-refractivity contribution is 5.24. The van der Waals surface area contributed by atoms with Crippen LogP contribution in [-0.2, 0) is 6.54 Å². The molecule has 0 saturated heterocycles. The average Bonchev–Trinajstić information content (AvgIpc) is 2.85. The number of aromatic nitrogens is 2. The van der Waals surface area contributed by atoms with Crippen molar-refractivity contribution >= 4 is 0 Å². The Morgan fingerprint density at radius 2 is 2.00 bits per heavy atom. The average molecular weight is 257 g/mol. The molecule has 19 heavy (non-hydrogen) atoms. The largest absolute Gasteiger partial charge is 0.304 e. The number of aryl methyl sites for hydroxylation is 1. The Bertz CT molecular complexity index is 528. The van der Waals surface area contributed by atoms with Crippen LogP contribution in [0.2, 0.25) is 0 Å². The van der Waals surface area contributed by atoms with Gasteiger partial charge in [0.25, 0.3) is 0 Å². The van der Waals surface area contributed by atoms with Gasteiger partial charge in [0.2, 0.25) is 0 Å². The van der Waals surface area contributed by atoms with Crippen LogP contribution in [-0.4, -0.2) is 9.78 Å². The van der Waals surface area contributed by atoms with Crippen LogP contribution >= 0.6 is 0 Å². The fraction of sp³-hybridized carbons (Fsp3) is 0.438. The number of hydrogen-bond donors (Lipinski definition) is 1. The maximum absolute atomic E-state index is 4.55. The second-order valence-corrected chi connectivity index (χ2v) is 5.40. The van der Waals surface area contributed by atoms with Gasteiger partial charge in [0.15, 0.2) is 0 Å². The van der Waals surface area contributed by atoms with Crippen molar-refractivity contribution < 1.29 is 0 Å². The molecule has 1 N–H and O–H groups in total. The molecule has 1 heterocycles. The zero-order chi connectivity index (χ0) is 13.8. The van der Waals surface area contributed by atoms with Gasteiger partial charge < -0.3 is 5.32 Å². The van der Waals surface area contributed by atoms with Gasteiger partial charge in [-0.2, -0.15) is 5.10 Å². The molecular formula is C16H23N3. The maximum Gasteiger partial charge on any atom is 0.0762 e. The molecule has 0 aliphatic carbocycles. The Morgan fingerprint density at radius 1 is 1.21 bits per heavy atom. The summed E-state index contributed by atoms with van der Waals surface area (Å²) in [7, 11) is 0. The number of nitrogens with zero attached hydrogens (tertiary/aromatic N) is 2. The molecule has 0 aliphatic heterocycles. The molecule has 0 amide bonds. The van der Waals surface area contributed by atoms with Gasteiger partial charge in [-0.3, -0.25) is 4.68 Å². The van der Waals surface area contributed by atoms with Crippen LogP contribution in [0, 0.1) is 6.92 Å². The van der Waals surface area contributed by atoms with E-state index in [1.807, 2.05) is 10.9 Å². The summed E-state index contributed by atoms with van der Waals surface area (Å²) in [5.41, 5.74) is 3.71. The van der Waals surface area contributed by atoms with E-state index in [0.717, 1.165) is 12.2 Å². The highest BCUT2D eigenvalue weighted by Gasteiger charge is 2.07. The molecule has 0 aliphatic rings. The quantitative estimate of drug-likeness (QED) is 0.886. The van der Waals surface area contributed by atoms with Crippen LogP contribution < -0.4 is 5.32 Å². The lowest BCUT2D eigenvalue weighted by Gasteiger charge is -2.14. The Kier molecular flexibility index (Phi) is 4.38. The number of hydrogen-bond acceptors (Lipinski definition) is 2. The second kappa shape index (κ2) is 6.02. The van der Waals surface area contributed by atoms with Crippen molar-refractivity contribution in [3.63, 3.8) is 0 Å². The van der Waals surface area contributed by atoms with Gasteiger partial charge in [0, 0.05) is 24.8 Å². The van der Waals surface area contributed by atoms with Crippen LogP contribution in [0.4, 0.5) is 0 Å². The zero-order valence-corrected chi connectivity index (χ0v) is 12.2. The standard InChI is InChI=1S/C16H23N3/c1-12(2)19-9-8-16(18-19)11-17-14(4)15-7-5-6-13(3)10-15/h5-10,12,14,17H,11H2,1-4H3/t14-/m1/s1. The lowest BCUT2D eigenvalue weighted by atomic mass is 10.1. The van der Waals surface area contributed by atoms with Crippen LogP contribution in [0.3, 0.4) is 0 Å². The first-order chi connectivity index (χ1) is 9.06. The first-order valence-corrected chi connectivity index (χ1v) is 6.90. The monoisotopic (exact) mass is 257 g/mol. The Hall–Kier alpha value is -1.61.